The lowest BCUT2D eigenvalue weighted by molar-refractivity contribution is 0.107. The van der Waals surface area contributed by atoms with Crippen molar-refractivity contribution in [3.63, 3.8) is 0 Å². The van der Waals surface area contributed by atoms with Crippen molar-refractivity contribution in [1.29, 1.82) is 0 Å². The average Bonchev–Trinajstić information content (AvgIpc) is 2.45. The summed E-state index contributed by atoms with van der Waals surface area (Å²) in [5.41, 5.74) is 0.790. The fraction of sp³-hybridized carbons (Fsp3) is 0.133. The Kier molecular flexibility index (Phi) is 5.42. The highest BCUT2D eigenvalue weighted by Crippen LogP contribution is 2.35. The monoisotopic (exact) mass is 326 g/mol. The quantitative estimate of drug-likeness (QED) is 0.729. The summed E-state index contributed by atoms with van der Waals surface area (Å²) in [5.74, 6) is 0. The van der Waals surface area contributed by atoms with Crippen LogP contribution in [0.5, 0.6) is 0 Å². The summed E-state index contributed by atoms with van der Waals surface area (Å²) in [6.07, 6.45) is 0.932. The Morgan fingerprint density at radius 1 is 0.950 bits per heavy atom. The van der Waals surface area contributed by atoms with E-state index < -0.39 is 13.3 Å². The van der Waals surface area contributed by atoms with Crippen molar-refractivity contribution in [3.8, 4) is 0 Å². The Balaban J connectivity index is 2.08. The second-order valence-corrected chi connectivity index (χ2v) is 6.95. The maximum atomic E-state index is 12.2. The van der Waals surface area contributed by atoms with Crippen molar-refractivity contribution in [2.24, 2.45) is 0 Å². The summed E-state index contributed by atoms with van der Waals surface area (Å²) < 4.78 is 12.1. The first-order chi connectivity index (χ1) is 9.59. The Morgan fingerprint density at radius 2 is 1.55 bits per heavy atom. The molecular weight excluding hydrogens is 314 g/mol. The van der Waals surface area contributed by atoms with E-state index in [2.05, 4.69) is 0 Å². The van der Waals surface area contributed by atoms with Crippen molar-refractivity contribution < 1.29 is 9.36 Å². The van der Waals surface area contributed by atoms with Crippen molar-refractivity contribution in [2.75, 3.05) is 6.16 Å². The molecule has 0 fully saturated rings. The van der Waals surface area contributed by atoms with Crippen molar-refractivity contribution in [3.05, 3.63) is 69.7 Å². The molecule has 0 bridgehead atoms. The highest BCUT2D eigenvalue weighted by Gasteiger charge is 2.20. The van der Waals surface area contributed by atoms with Crippen LogP contribution in [0, 0.1) is 0 Å². The predicted octanol–water partition coefficient (Wildman–Crippen LogP) is 4.94. The van der Waals surface area contributed by atoms with Crippen LogP contribution in [0.1, 0.15) is 15.9 Å². The number of hydrogen-bond acceptors (Lipinski definition) is 2. The summed E-state index contributed by atoms with van der Waals surface area (Å²) in [7, 11) is -2.42. The molecule has 0 aliphatic rings. The molecule has 2 nitrogen and oxygen atoms in total. The minimum atomic E-state index is -2.42. The zero-order valence-corrected chi connectivity index (χ0v) is 13.1. The summed E-state index contributed by atoms with van der Waals surface area (Å²) in [6.45, 7) is 0. The molecule has 5 heteroatoms. The number of hydrogen-bond donors (Lipinski definition) is 0. The second kappa shape index (κ2) is 7.08. The van der Waals surface area contributed by atoms with Gasteiger partial charge in [-0.1, -0.05) is 59.6 Å². The molecule has 20 heavy (non-hydrogen) atoms. The summed E-state index contributed by atoms with van der Waals surface area (Å²) in [4.78, 5) is 12.2. The molecule has 0 heterocycles. The molecule has 1 unspecified atom stereocenters. The number of carbonyl (C=O) groups is 1. The maximum Gasteiger partial charge on any atom is 0.221 e. The van der Waals surface area contributed by atoms with E-state index >= 15 is 0 Å². The first kappa shape index (κ1) is 15.3. The molecule has 0 amide bonds. The Labute approximate surface area is 128 Å². The fourth-order valence-electron chi connectivity index (χ4n) is 1.87. The van der Waals surface area contributed by atoms with Crippen molar-refractivity contribution in [1.82, 2.24) is 0 Å². The van der Waals surface area contributed by atoms with Gasteiger partial charge in [0.15, 0.2) is 0 Å². The van der Waals surface area contributed by atoms with E-state index in [9.17, 15) is 9.36 Å². The standard InChI is InChI=1S/C15H13Cl2O2P/c16-12-7-4-8-13(17)14(12)15(18)20(19)10-9-11-5-2-1-3-6-11/h1-8,20H,9-10H2. The molecule has 0 N–H and O–H groups in total. The number of benzene rings is 2. The molecule has 2 rings (SSSR count). The largest absolute Gasteiger partial charge is 0.318 e. The van der Waals surface area contributed by atoms with Crippen LogP contribution < -0.4 is 0 Å². The minimum Gasteiger partial charge on any atom is -0.318 e. The smallest absolute Gasteiger partial charge is 0.221 e. The molecule has 104 valence electrons. The highest BCUT2D eigenvalue weighted by atomic mass is 35.5. The Hall–Kier alpha value is -1.08. The zero-order valence-electron chi connectivity index (χ0n) is 10.6. The molecule has 0 aliphatic heterocycles. The summed E-state index contributed by atoms with van der Waals surface area (Å²) >= 11 is 11.9. The van der Waals surface area contributed by atoms with Crippen molar-refractivity contribution >= 4 is 36.5 Å². The van der Waals surface area contributed by atoms with Gasteiger partial charge in [0.05, 0.1) is 15.6 Å². The topological polar surface area (TPSA) is 34.1 Å². The number of rotatable bonds is 5. The number of aryl methyl sites for hydroxylation is 1. The molecule has 0 saturated heterocycles. The third-order valence-corrected chi connectivity index (χ3v) is 5.02. The van der Waals surface area contributed by atoms with E-state index in [0.29, 0.717) is 12.6 Å². The Bertz CT molecular complexity index is 621. The van der Waals surface area contributed by atoms with Crippen LogP contribution in [-0.4, -0.2) is 11.7 Å². The van der Waals surface area contributed by atoms with Gasteiger partial charge < -0.3 is 4.57 Å². The molecule has 0 saturated carbocycles. The van der Waals surface area contributed by atoms with Gasteiger partial charge in [0, 0.05) is 6.16 Å². The molecule has 0 radical (unpaired) electrons. The van der Waals surface area contributed by atoms with Gasteiger partial charge in [-0.25, -0.2) is 0 Å². The van der Waals surface area contributed by atoms with Crippen LogP contribution in [0.3, 0.4) is 0 Å². The van der Waals surface area contributed by atoms with Crippen LogP contribution in [0.2, 0.25) is 10.0 Å². The van der Waals surface area contributed by atoms with Gasteiger partial charge in [0.2, 0.25) is 5.52 Å². The maximum absolute atomic E-state index is 12.2. The third-order valence-electron chi connectivity index (χ3n) is 2.93. The van der Waals surface area contributed by atoms with Gasteiger partial charge >= 0.3 is 0 Å². The van der Waals surface area contributed by atoms with E-state index in [0.717, 1.165) is 5.56 Å². The number of halogens is 2. The summed E-state index contributed by atoms with van der Waals surface area (Å²) in [6, 6.07) is 14.5. The van der Waals surface area contributed by atoms with Gasteiger partial charge in [-0.05, 0) is 24.1 Å². The Morgan fingerprint density at radius 3 is 2.15 bits per heavy atom. The lowest BCUT2D eigenvalue weighted by Gasteiger charge is -2.06. The van der Waals surface area contributed by atoms with E-state index in [1.54, 1.807) is 18.2 Å². The molecule has 0 aliphatic carbocycles. The zero-order chi connectivity index (χ0) is 14.5. The second-order valence-electron chi connectivity index (χ2n) is 4.33. The van der Waals surface area contributed by atoms with Crippen LogP contribution in [0.15, 0.2) is 48.5 Å². The first-order valence-corrected chi connectivity index (χ1v) is 8.52. The lowest BCUT2D eigenvalue weighted by Crippen LogP contribution is -1.99. The third kappa shape index (κ3) is 3.73. The molecule has 0 aromatic heterocycles. The van der Waals surface area contributed by atoms with Gasteiger partial charge in [-0.3, -0.25) is 4.79 Å². The first-order valence-electron chi connectivity index (χ1n) is 6.15. The molecule has 0 spiro atoms. The van der Waals surface area contributed by atoms with Crippen LogP contribution in [0.25, 0.3) is 0 Å². The van der Waals surface area contributed by atoms with E-state index in [-0.39, 0.29) is 15.6 Å². The van der Waals surface area contributed by atoms with Gasteiger partial charge in [-0.2, -0.15) is 0 Å². The molecule has 2 aromatic rings. The fourth-order valence-corrected chi connectivity index (χ4v) is 3.89. The average molecular weight is 327 g/mol. The van der Waals surface area contributed by atoms with Crippen molar-refractivity contribution in [2.45, 2.75) is 6.42 Å². The lowest BCUT2D eigenvalue weighted by atomic mass is 10.2. The predicted molar refractivity (Wildman–Crippen MR) is 84.8 cm³/mol. The molecule has 1 atom stereocenters. The van der Waals surface area contributed by atoms with E-state index in [1.807, 2.05) is 30.3 Å². The summed E-state index contributed by atoms with van der Waals surface area (Å²) in [5, 5.41) is 0.501. The highest BCUT2D eigenvalue weighted by molar-refractivity contribution is 7.64. The van der Waals surface area contributed by atoms with E-state index in [1.165, 1.54) is 0 Å². The number of carbonyl (C=O) groups excluding carboxylic acids is 1. The molecule has 2 aromatic carbocycles. The van der Waals surface area contributed by atoms with Gasteiger partial charge in [-0.15, -0.1) is 0 Å². The van der Waals surface area contributed by atoms with E-state index in [4.69, 9.17) is 23.2 Å². The van der Waals surface area contributed by atoms with Gasteiger partial charge in [0.1, 0.15) is 7.80 Å². The van der Waals surface area contributed by atoms with Crippen LogP contribution in [0.4, 0.5) is 0 Å². The van der Waals surface area contributed by atoms with Crippen LogP contribution in [-0.2, 0) is 11.0 Å². The normalized spacial score (nSPS) is 12.1. The van der Waals surface area contributed by atoms with Crippen LogP contribution >= 0.6 is 31.0 Å². The van der Waals surface area contributed by atoms with Gasteiger partial charge in [0.25, 0.3) is 0 Å². The minimum absolute atomic E-state index is 0.174. The SMILES string of the molecule is O=C(c1c(Cl)cccc1Cl)[PH](=O)CCc1ccccc1. The molecular formula is C15H13Cl2O2P.